The van der Waals surface area contributed by atoms with Crippen LogP contribution in [0.2, 0.25) is 5.02 Å². The number of aryl methyl sites for hydroxylation is 2. The lowest BCUT2D eigenvalue weighted by molar-refractivity contribution is 0.0990. The fourth-order valence-electron chi connectivity index (χ4n) is 1.95. The van der Waals surface area contributed by atoms with Crippen LogP contribution in [0.15, 0.2) is 24.3 Å². The summed E-state index contributed by atoms with van der Waals surface area (Å²) < 4.78 is 13.7. The zero-order valence-electron chi connectivity index (χ0n) is 11.3. The van der Waals surface area contributed by atoms with Crippen molar-refractivity contribution in [3.05, 3.63) is 57.6 Å². The van der Waals surface area contributed by atoms with E-state index in [0.717, 1.165) is 0 Å². The van der Waals surface area contributed by atoms with Crippen molar-refractivity contribution < 1.29 is 9.18 Å². The van der Waals surface area contributed by atoms with Crippen molar-refractivity contribution in [2.24, 2.45) is 0 Å². The number of hydrogen-bond acceptors (Lipinski definition) is 3. The van der Waals surface area contributed by atoms with E-state index in [0.29, 0.717) is 34.0 Å². The minimum absolute atomic E-state index is 0.0128. The molecular weight excluding hydrogens is 279 g/mol. The number of nitrogens with zero attached hydrogens (tertiary/aromatic N) is 2. The van der Waals surface area contributed by atoms with Crippen LogP contribution in [0, 0.1) is 12.7 Å². The first kappa shape index (κ1) is 14.6. The van der Waals surface area contributed by atoms with Crippen LogP contribution in [-0.2, 0) is 12.8 Å². The molecule has 0 aliphatic heterocycles. The van der Waals surface area contributed by atoms with Crippen LogP contribution < -0.4 is 0 Å². The Morgan fingerprint density at radius 1 is 1.30 bits per heavy atom. The lowest BCUT2D eigenvalue weighted by Crippen LogP contribution is -2.11. The van der Waals surface area contributed by atoms with Crippen LogP contribution >= 0.6 is 11.6 Å². The van der Waals surface area contributed by atoms with Gasteiger partial charge >= 0.3 is 0 Å². The third-order valence-electron chi connectivity index (χ3n) is 2.99. The van der Waals surface area contributed by atoms with Gasteiger partial charge in [0, 0.05) is 17.0 Å². The lowest BCUT2D eigenvalue weighted by atomic mass is 10.0. The van der Waals surface area contributed by atoms with E-state index in [4.69, 9.17) is 11.6 Å². The maximum absolute atomic E-state index is 13.7. The van der Waals surface area contributed by atoms with Crippen molar-refractivity contribution in [1.82, 2.24) is 10.2 Å². The van der Waals surface area contributed by atoms with Crippen LogP contribution in [-0.4, -0.2) is 16.0 Å². The SMILES string of the molecule is CCc1nnc(C)cc1C(=O)Cc1ccc(Cl)cc1F. The molecule has 0 saturated carbocycles. The second kappa shape index (κ2) is 6.09. The first-order valence-electron chi connectivity index (χ1n) is 6.31. The van der Waals surface area contributed by atoms with Crippen LogP contribution in [0.25, 0.3) is 0 Å². The molecule has 1 aromatic carbocycles. The van der Waals surface area contributed by atoms with Crippen LogP contribution in [0.1, 0.15) is 34.2 Å². The van der Waals surface area contributed by atoms with Gasteiger partial charge < -0.3 is 0 Å². The summed E-state index contributed by atoms with van der Waals surface area (Å²) >= 11 is 5.70. The summed E-state index contributed by atoms with van der Waals surface area (Å²) in [6.45, 7) is 3.67. The summed E-state index contributed by atoms with van der Waals surface area (Å²) in [6, 6.07) is 6.01. The second-order valence-electron chi connectivity index (χ2n) is 4.54. The van der Waals surface area contributed by atoms with E-state index in [2.05, 4.69) is 10.2 Å². The molecule has 0 N–H and O–H groups in total. The molecule has 0 atom stereocenters. The fraction of sp³-hybridized carbons (Fsp3) is 0.267. The van der Waals surface area contributed by atoms with E-state index >= 15 is 0 Å². The van der Waals surface area contributed by atoms with Gasteiger partial charge in [-0.25, -0.2) is 4.39 Å². The number of Topliss-reactive ketones (excluding diaryl/α,β-unsaturated/α-hetero) is 1. The van der Waals surface area contributed by atoms with Crippen LogP contribution in [0.4, 0.5) is 4.39 Å². The molecule has 2 rings (SSSR count). The molecule has 3 nitrogen and oxygen atoms in total. The summed E-state index contributed by atoms with van der Waals surface area (Å²) in [6.07, 6.45) is 0.596. The monoisotopic (exact) mass is 292 g/mol. The van der Waals surface area contributed by atoms with Crippen LogP contribution in [0.5, 0.6) is 0 Å². The Bertz CT molecular complexity index is 658. The topological polar surface area (TPSA) is 42.9 Å². The summed E-state index contributed by atoms with van der Waals surface area (Å²) in [5, 5.41) is 8.26. The molecule has 0 amide bonds. The van der Waals surface area contributed by atoms with Gasteiger partial charge in [0.1, 0.15) is 5.82 Å². The number of hydrogen-bond donors (Lipinski definition) is 0. The fourth-order valence-corrected chi connectivity index (χ4v) is 2.11. The minimum atomic E-state index is -0.470. The Balaban J connectivity index is 2.30. The molecule has 0 unspecified atom stereocenters. The molecule has 0 spiro atoms. The lowest BCUT2D eigenvalue weighted by Gasteiger charge is -2.07. The Morgan fingerprint density at radius 2 is 2.05 bits per heavy atom. The Labute approximate surface area is 121 Å². The molecule has 0 bridgehead atoms. The van der Waals surface area contributed by atoms with Gasteiger partial charge in [0.25, 0.3) is 0 Å². The zero-order chi connectivity index (χ0) is 14.7. The molecule has 0 fully saturated rings. The number of rotatable bonds is 4. The Kier molecular flexibility index (Phi) is 4.45. The van der Waals surface area contributed by atoms with Crippen molar-refractivity contribution >= 4 is 17.4 Å². The maximum atomic E-state index is 13.7. The highest BCUT2D eigenvalue weighted by molar-refractivity contribution is 6.30. The van der Waals surface area contributed by atoms with E-state index in [-0.39, 0.29) is 12.2 Å². The smallest absolute Gasteiger partial charge is 0.169 e. The molecule has 104 valence electrons. The predicted molar refractivity (Wildman–Crippen MR) is 75.6 cm³/mol. The summed E-state index contributed by atoms with van der Waals surface area (Å²) in [7, 11) is 0. The van der Waals surface area contributed by atoms with Gasteiger partial charge in [0.05, 0.1) is 11.4 Å². The highest BCUT2D eigenvalue weighted by Gasteiger charge is 2.15. The first-order valence-corrected chi connectivity index (χ1v) is 6.69. The number of carbonyl (C=O) groups is 1. The number of aromatic nitrogens is 2. The standard InChI is InChI=1S/C15H14ClFN2O/c1-3-14-12(6-9(2)18-19-14)15(20)7-10-4-5-11(16)8-13(10)17/h4-6,8H,3,7H2,1-2H3. The van der Waals surface area contributed by atoms with E-state index in [1.165, 1.54) is 12.1 Å². The van der Waals surface area contributed by atoms with Crippen molar-refractivity contribution in [1.29, 1.82) is 0 Å². The number of carbonyl (C=O) groups excluding carboxylic acids is 1. The molecule has 5 heteroatoms. The molecule has 0 radical (unpaired) electrons. The van der Waals surface area contributed by atoms with Gasteiger partial charge in [0.15, 0.2) is 5.78 Å². The van der Waals surface area contributed by atoms with E-state index in [9.17, 15) is 9.18 Å². The molecule has 2 aromatic rings. The molecule has 0 aliphatic carbocycles. The largest absolute Gasteiger partial charge is 0.294 e. The van der Waals surface area contributed by atoms with Gasteiger partial charge in [-0.15, -0.1) is 0 Å². The number of ketones is 1. The van der Waals surface area contributed by atoms with Crippen molar-refractivity contribution in [2.45, 2.75) is 26.7 Å². The Morgan fingerprint density at radius 3 is 2.70 bits per heavy atom. The van der Waals surface area contributed by atoms with Crippen molar-refractivity contribution in [3.8, 4) is 0 Å². The van der Waals surface area contributed by atoms with Crippen molar-refractivity contribution in [2.75, 3.05) is 0 Å². The average molecular weight is 293 g/mol. The van der Waals surface area contributed by atoms with Gasteiger partial charge in [-0.1, -0.05) is 24.6 Å². The molecule has 0 aliphatic rings. The number of benzene rings is 1. The third kappa shape index (κ3) is 3.20. The van der Waals surface area contributed by atoms with E-state index in [1.54, 1.807) is 19.1 Å². The maximum Gasteiger partial charge on any atom is 0.169 e. The predicted octanol–water partition coefficient (Wildman–Crippen LogP) is 3.57. The molecule has 1 heterocycles. The summed E-state index contributed by atoms with van der Waals surface area (Å²) in [5.41, 5.74) is 2.14. The van der Waals surface area contributed by atoms with E-state index < -0.39 is 5.82 Å². The first-order chi connectivity index (χ1) is 9.51. The van der Waals surface area contributed by atoms with Gasteiger partial charge in [-0.2, -0.15) is 10.2 Å². The quantitative estimate of drug-likeness (QED) is 0.809. The normalized spacial score (nSPS) is 10.6. The molecular formula is C15H14ClFN2O. The van der Waals surface area contributed by atoms with Gasteiger partial charge in [0.2, 0.25) is 0 Å². The highest BCUT2D eigenvalue weighted by Crippen LogP contribution is 2.18. The average Bonchev–Trinajstić information content (AvgIpc) is 2.41. The third-order valence-corrected chi connectivity index (χ3v) is 3.23. The second-order valence-corrected chi connectivity index (χ2v) is 4.97. The summed E-state index contributed by atoms with van der Waals surface area (Å²) in [4.78, 5) is 12.3. The molecule has 20 heavy (non-hydrogen) atoms. The molecule has 1 aromatic heterocycles. The highest BCUT2D eigenvalue weighted by atomic mass is 35.5. The van der Waals surface area contributed by atoms with Gasteiger partial charge in [-0.3, -0.25) is 4.79 Å². The van der Waals surface area contributed by atoms with Crippen molar-refractivity contribution in [3.63, 3.8) is 0 Å². The molecule has 0 saturated heterocycles. The Hall–Kier alpha value is -1.81. The van der Waals surface area contributed by atoms with Gasteiger partial charge in [-0.05, 0) is 37.1 Å². The minimum Gasteiger partial charge on any atom is -0.294 e. The van der Waals surface area contributed by atoms with E-state index in [1.807, 2.05) is 6.92 Å². The zero-order valence-corrected chi connectivity index (χ0v) is 12.0. The summed E-state index contributed by atoms with van der Waals surface area (Å²) in [5.74, 6) is -0.635. The number of halogens is 2. The van der Waals surface area contributed by atoms with Crippen LogP contribution in [0.3, 0.4) is 0 Å².